The summed E-state index contributed by atoms with van der Waals surface area (Å²) in [4.78, 5) is 1.84. The predicted molar refractivity (Wildman–Crippen MR) is 72.8 cm³/mol. The lowest BCUT2D eigenvalue weighted by Gasteiger charge is -2.22. The second kappa shape index (κ2) is 5.14. The van der Waals surface area contributed by atoms with Crippen molar-refractivity contribution in [3.8, 4) is 0 Å². The number of benzene rings is 1. The number of nitrogen functional groups attached to an aromatic ring is 1. The predicted octanol–water partition coefficient (Wildman–Crippen LogP) is 2.23. The van der Waals surface area contributed by atoms with E-state index in [-0.39, 0.29) is 11.3 Å². The zero-order valence-electron chi connectivity index (χ0n) is 10.5. The van der Waals surface area contributed by atoms with Gasteiger partial charge in [-0.3, -0.25) is 0 Å². The van der Waals surface area contributed by atoms with Crippen LogP contribution in [0.25, 0.3) is 6.08 Å². The highest BCUT2D eigenvalue weighted by molar-refractivity contribution is 5.61. The van der Waals surface area contributed by atoms with Gasteiger partial charge in [0.05, 0.1) is 5.69 Å². The second-order valence-corrected chi connectivity index (χ2v) is 4.32. The maximum atomic E-state index is 13.7. The summed E-state index contributed by atoms with van der Waals surface area (Å²) in [5.41, 5.74) is 11.8. The number of anilines is 1. The van der Waals surface area contributed by atoms with Gasteiger partial charge in [0.25, 0.3) is 0 Å². The van der Waals surface area contributed by atoms with Gasteiger partial charge in [0.2, 0.25) is 0 Å². The molecule has 1 aromatic carbocycles. The number of likely N-dealkylation sites (N-methyl/N-ethyl adjacent to an activating group) is 1. The highest BCUT2D eigenvalue weighted by Gasteiger charge is 2.11. The minimum absolute atomic E-state index is 0.0840. The monoisotopic (exact) mass is 263 g/mol. The van der Waals surface area contributed by atoms with E-state index in [0.29, 0.717) is 17.9 Å². The molecule has 0 radical (unpaired) electrons. The second-order valence-electron chi connectivity index (χ2n) is 4.32. The van der Waals surface area contributed by atoms with Crippen LogP contribution in [-0.2, 0) is 0 Å². The van der Waals surface area contributed by atoms with Gasteiger partial charge in [-0.2, -0.15) is 0 Å². The lowest BCUT2D eigenvalue weighted by atomic mass is 10.1. The number of rotatable bonds is 2. The van der Waals surface area contributed by atoms with Crippen LogP contribution in [0.2, 0.25) is 0 Å². The first-order valence-electron chi connectivity index (χ1n) is 5.79. The van der Waals surface area contributed by atoms with Gasteiger partial charge in [-0.1, -0.05) is 18.2 Å². The Morgan fingerprint density at radius 2 is 1.95 bits per heavy atom. The van der Waals surface area contributed by atoms with E-state index in [1.54, 1.807) is 6.08 Å². The summed E-state index contributed by atoms with van der Waals surface area (Å²) in [5.74, 6) is -0.859. The molecular formula is C14H15F2N3. The minimum atomic E-state index is -0.761. The Morgan fingerprint density at radius 1 is 1.21 bits per heavy atom. The molecule has 0 saturated carbocycles. The zero-order valence-corrected chi connectivity index (χ0v) is 10.5. The molecule has 5 heteroatoms. The first-order chi connectivity index (χ1) is 9.00. The van der Waals surface area contributed by atoms with Crippen molar-refractivity contribution < 1.29 is 8.78 Å². The highest BCUT2D eigenvalue weighted by atomic mass is 19.1. The number of hydrogen-bond acceptors (Lipinski definition) is 3. The molecular weight excluding hydrogens is 248 g/mol. The van der Waals surface area contributed by atoms with Crippen molar-refractivity contribution in [1.82, 2.24) is 4.90 Å². The normalized spacial score (nSPS) is 15.6. The van der Waals surface area contributed by atoms with Crippen molar-refractivity contribution in [2.24, 2.45) is 5.73 Å². The Bertz CT molecular complexity index is 589. The molecule has 2 rings (SSSR count). The van der Waals surface area contributed by atoms with E-state index < -0.39 is 11.6 Å². The van der Waals surface area contributed by atoms with E-state index >= 15 is 0 Å². The van der Waals surface area contributed by atoms with Crippen LogP contribution in [0.5, 0.6) is 0 Å². The Labute approximate surface area is 110 Å². The average molecular weight is 263 g/mol. The fraction of sp³-hybridized carbons (Fsp3) is 0.143. The largest absolute Gasteiger partial charge is 0.396 e. The Hall–Kier alpha value is -2.30. The first kappa shape index (κ1) is 13.1. The molecule has 0 fully saturated rings. The quantitative estimate of drug-likeness (QED) is 0.804. The molecule has 3 nitrogen and oxygen atoms in total. The molecule has 4 N–H and O–H groups in total. The molecule has 0 amide bonds. The van der Waals surface area contributed by atoms with Crippen molar-refractivity contribution in [2.75, 3.05) is 19.3 Å². The van der Waals surface area contributed by atoms with Gasteiger partial charge in [0.1, 0.15) is 11.6 Å². The summed E-state index contributed by atoms with van der Waals surface area (Å²) >= 11 is 0. The Balaban J connectivity index is 2.37. The molecule has 1 aromatic rings. The average Bonchev–Trinajstić information content (AvgIpc) is 2.39. The van der Waals surface area contributed by atoms with Gasteiger partial charge >= 0.3 is 0 Å². The SMILES string of the molecule is CN1CC=CC(C=Cc2c(F)ccc(N)c2F)=C1N. The number of hydrogen-bond donors (Lipinski definition) is 2. The summed E-state index contributed by atoms with van der Waals surface area (Å²) in [6, 6.07) is 2.34. The summed E-state index contributed by atoms with van der Waals surface area (Å²) < 4.78 is 27.2. The Morgan fingerprint density at radius 3 is 2.68 bits per heavy atom. The maximum absolute atomic E-state index is 13.7. The molecule has 0 aromatic heterocycles. The van der Waals surface area contributed by atoms with Crippen LogP contribution in [0.1, 0.15) is 5.56 Å². The molecule has 0 saturated heterocycles. The lowest BCUT2D eigenvalue weighted by Crippen LogP contribution is -2.27. The van der Waals surface area contributed by atoms with E-state index in [2.05, 4.69) is 0 Å². The van der Waals surface area contributed by atoms with Gasteiger partial charge in [-0.15, -0.1) is 0 Å². The van der Waals surface area contributed by atoms with Crippen LogP contribution in [0.15, 0.2) is 41.8 Å². The topological polar surface area (TPSA) is 55.3 Å². The maximum Gasteiger partial charge on any atom is 0.156 e. The van der Waals surface area contributed by atoms with E-state index in [1.807, 2.05) is 24.1 Å². The van der Waals surface area contributed by atoms with Crippen LogP contribution in [0, 0.1) is 11.6 Å². The smallest absolute Gasteiger partial charge is 0.156 e. The van der Waals surface area contributed by atoms with Crippen LogP contribution in [-0.4, -0.2) is 18.5 Å². The molecule has 0 bridgehead atoms. The lowest BCUT2D eigenvalue weighted by molar-refractivity contribution is 0.450. The number of allylic oxidation sites excluding steroid dienone is 3. The number of nitrogens with zero attached hydrogens (tertiary/aromatic N) is 1. The molecule has 19 heavy (non-hydrogen) atoms. The van der Waals surface area contributed by atoms with Gasteiger partial charge in [0.15, 0.2) is 5.82 Å². The van der Waals surface area contributed by atoms with E-state index in [0.717, 1.165) is 6.07 Å². The molecule has 1 aliphatic rings. The summed E-state index contributed by atoms with van der Waals surface area (Å²) in [7, 11) is 1.84. The van der Waals surface area contributed by atoms with Crippen LogP contribution in [0.4, 0.5) is 14.5 Å². The summed E-state index contributed by atoms with van der Waals surface area (Å²) in [6.45, 7) is 0.712. The van der Waals surface area contributed by atoms with Gasteiger partial charge < -0.3 is 16.4 Å². The Kier molecular flexibility index (Phi) is 3.55. The van der Waals surface area contributed by atoms with Crippen molar-refractivity contribution in [1.29, 1.82) is 0 Å². The van der Waals surface area contributed by atoms with Gasteiger partial charge in [-0.25, -0.2) is 8.78 Å². The number of nitrogens with two attached hydrogens (primary N) is 2. The highest BCUT2D eigenvalue weighted by Crippen LogP contribution is 2.21. The molecule has 0 aliphatic carbocycles. The van der Waals surface area contributed by atoms with Crippen molar-refractivity contribution in [3.05, 3.63) is 59.0 Å². The molecule has 0 atom stereocenters. The van der Waals surface area contributed by atoms with E-state index in [1.165, 1.54) is 12.1 Å². The number of halogens is 2. The van der Waals surface area contributed by atoms with E-state index in [4.69, 9.17) is 11.5 Å². The molecule has 0 unspecified atom stereocenters. The molecule has 1 heterocycles. The minimum Gasteiger partial charge on any atom is -0.396 e. The van der Waals surface area contributed by atoms with Crippen molar-refractivity contribution >= 4 is 11.8 Å². The van der Waals surface area contributed by atoms with E-state index in [9.17, 15) is 8.78 Å². The van der Waals surface area contributed by atoms with Crippen LogP contribution < -0.4 is 11.5 Å². The summed E-state index contributed by atoms with van der Waals surface area (Å²) in [5, 5.41) is 0. The molecule has 1 aliphatic heterocycles. The van der Waals surface area contributed by atoms with Gasteiger partial charge in [0, 0.05) is 24.7 Å². The van der Waals surface area contributed by atoms with Crippen molar-refractivity contribution in [3.63, 3.8) is 0 Å². The zero-order chi connectivity index (χ0) is 14.0. The summed E-state index contributed by atoms with van der Waals surface area (Å²) in [6.07, 6.45) is 6.64. The third-order valence-corrected chi connectivity index (χ3v) is 2.97. The standard InChI is InChI=1S/C14H15F2N3/c1-19-8-2-3-9(14(19)18)4-5-10-11(15)6-7-12(17)13(10)16/h2-7H,8,17-18H2,1H3. The molecule has 0 spiro atoms. The molecule has 100 valence electrons. The first-order valence-corrected chi connectivity index (χ1v) is 5.79. The van der Waals surface area contributed by atoms with Crippen LogP contribution >= 0.6 is 0 Å². The third-order valence-electron chi connectivity index (χ3n) is 2.97. The third kappa shape index (κ3) is 2.59. The fourth-order valence-electron chi connectivity index (χ4n) is 1.79. The van der Waals surface area contributed by atoms with Gasteiger partial charge in [-0.05, 0) is 18.2 Å². The van der Waals surface area contributed by atoms with Crippen LogP contribution in [0.3, 0.4) is 0 Å². The fourth-order valence-corrected chi connectivity index (χ4v) is 1.79. The van der Waals surface area contributed by atoms with Crippen molar-refractivity contribution in [2.45, 2.75) is 0 Å².